The third kappa shape index (κ3) is 6.77. The maximum absolute atomic E-state index is 11.2. The summed E-state index contributed by atoms with van der Waals surface area (Å²) in [6.45, 7) is 9.60. The molecule has 1 heterocycles. The Morgan fingerprint density at radius 3 is 2.63 bits per heavy atom. The summed E-state index contributed by atoms with van der Waals surface area (Å²) in [4.78, 5) is 17.7. The van der Waals surface area contributed by atoms with Gasteiger partial charge in [0, 0.05) is 26.6 Å². The van der Waals surface area contributed by atoms with Crippen molar-refractivity contribution in [2.24, 2.45) is 16.6 Å². The molecule has 27 heavy (non-hydrogen) atoms. The number of aliphatic imine (C=N–C) groups is 1. The lowest BCUT2D eigenvalue weighted by molar-refractivity contribution is -0.119. The molecule has 0 radical (unpaired) electrons. The Kier molecular flexibility index (Phi) is 7.51. The molecule has 0 bridgehead atoms. The predicted octanol–water partition coefficient (Wildman–Crippen LogP) is 2.53. The van der Waals surface area contributed by atoms with E-state index in [4.69, 9.17) is 10.5 Å². The third-order valence-electron chi connectivity index (χ3n) is 4.89. The lowest BCUT2D eigenvalue weighted by atomic mass is 9.87. The maximum atomic E-state index is 11.2. The lowest BCUT2D eigenvalue weighted by Crippen LogP contribution is -2.48. The minimum absolute atomic E-state index is 0.146. The topological polar surface area (TPSA) is 80.0 Å². The number of hydrogen-bond acceptors (Lipinski definition) is 3. The highest BCUT2D eigenvalue weighted by Crippen LogP contribution is 2.24. The van der Waals surface area contributed by atoms with Gasteiger partial charge in [0.2, 0.25) is 5.91 Å². The van der Waals surface area contributed by atoms with Gasteiger partial charge in [-0.15, -0.1) is 0 Å². The molecule has 1 aromatic carbocycles. The monoisotopic (exact) mass is 374 g/mol. The van der Waals surface area contributed by atoms with Crippen LogP contribution in [0, 0.1) is 5.92 Å². The molecule has 150 valence electrons. The van der Waals surface area contributed by atoms with Crippen LogP contribution in [-0.4, -0.2) is 50.1 Å². The smallest absolute Gasteiger partial charge is 0.217 e. The number of likely N-dealkylation sites (tertiary alicyclic amines) is 1. The predicted molar refractivity (Wildman–Crippen MR) is 110 cm³/mol. The fourth-order valence-corrected chi connectivity index (χ4v) is 3.42. The number of amides is 1. The van der Waals surface area contributed by atoms with Gasteiger partial charge in [-0.1, -0.05) is 32.9 Å². The molecule has 1 saturated heterocycles. The molecular formula is C21H34N4O2. The number of guanidine groups is 1. The van der Waals surface area contributed by atoms with Crippen molar-refractivity contribution in [2.75, 3.05) is 33.3 Å². The van der Waals surface area contributed by atoms with Gasteiger partial charge in [-0.05, 0) is 41.9 Å². The fraction of sp³-hybridized carbons (Fsp3) is 0.619. The first-order chi connectivity index (χ1) is 12.8. The van der Waals surface area contributed by atoms with Crippen LogP contribution < -0.4 is 15.8 Å². The van der Waals surface area contributed by atoms with Gasteiger partial charge in [0.25, 0.3) is 0 Å². The van der Waals surface area contributed by atoms with Gasteiger partial charge in [-0.2, -0.15) is 0 Å². The summed E-state index contributed by atoms with van der Waals surface area (Å²) in [6.07, 6.45) is 2.54. The van der Waals surface area contributed by atoms with Gasteiger partial charge in [0.05, 0.1) is 6.54 Å². The number of hydrogen-bond donors (Lipinski definition) is 2. The zero-order valence-corrected chi connectivity index (χ0v) is 17.1. The number of benzene rings is 1. The zero-order valence-electron chi connectivity index (χ0n) is 17.1. The van der Waals surface area contributed by atoms with Crippen LogP contribution in [0.15, 0.2) is 29.3 Å². The Hall–Kier alpha value is -2.24. The molecule has 1 fully saturated rings. The van der Waals surface area contributed by atoms with E-state index in [1.807, 2.05) is 12.1 Å². The van der Waals surface area contributed by atoms with E-state index in [-0.39, 0.29) is 11.3 Å². The normalized spacial score (nSPS) is 18.3. The van der Waals surface area contributed by atoms with E-state index >= 15 is 0 Å². The van der Waals surface area contributed by atoms with Crippen molar-refractivity contribution in [3.05, 3.63) is 29.8 Å². The van der Waals surface area contributed by atoms with Crippen LogP contribution in [-0.2, 0) is 10.2 Å². The van der Waals surface area contributed by atoms with Crippen molar-refractivity contribution in [3.63, 3.8) is 0 Å². The van der Waals surface area contributed by atoms with Crippen LogP contribution >= 0.6 is 0 Å². The van der Waals surface area contributed by atoms with Crippen LogP contribution in [0.5, 0.6) is 5.75 Å². The highest BCUT2D eigenvalue weighted by atomic mass is 16.5. The first-order valence-corrected chi connectivity index (χ1v) is 9.77. The van der Waals surface area contributed by atoms with Gasteiger partial charge in [0.1, 0.15) is 12.4 Å². The second-order valence-electron chi connectivity index (χ2n) is 8.22. The highest BCUT2D eigenvalue weighted by molar-refractivity contribution is 5.80. The summed E-state index contributed by atoms with van der Waals surface area (Å²) in [5.74, 6) is 1.82. The standard InChI is InChI=1S/C21H34N4O2/c1-21(2,3)17-7-9-18(10-8-17)27-13-11-24-20(23-4)25-12-5-6-16(15-25)14-19(22)26/h7-10,16H,5-6,11-15H2,1-4H3,(H2,22,26)(H,23,24). The number of carbonyl (C=O) groups is 1. The zero-order chi connectivity index (χ0) is 19.9. The average molecular weight is 375 g/mol. The van der Waals surface area contributed by atoms with E-state index in [0.717, 1.165) is 37.6 Å². The van der Waals surface area contributed by atoms with E-state index in [1.54, 1.807) is 7.05 Å². The van der Waals surface area contributed by atoms with Crippen LogP contribution in [0.4, 0.5) is 0 Å². The SMILES string of the molecule is CN=C(NCCOc1ccc(C(C)(C)C)cc1)N1CCCC(CC(N)=O)C1. The van der Waals surface area contributed by atoms with Gasteiger partial charge < -0.3 is 20.7 Å². The molecule has 2 rings (SSSR count). The van der Waals surface area contributed by atoms with Crippen molar-refractivity contribution < 1.29 is 9.53 Å². The minimum Gasteiger partial charge on any atom is -0.492 e. The number of nitrogens with two attached hydrogens (primary N) is 1. The molecule has 1 aliphatic rings. The molecule has 6 heteroatoms. The summed E-state index contributed by atoms with van der Waals surface area (Å²) < 4.78 is 5.83. The van der Waals surface area contributed by atoms with Crippen molar-refractivity contribution in [1.82, 2.24) is 10.2 Å². The molecule has 3 N–H and O–H groups in total. The molecule has 6 nitrogen and oxygen atoms in total. The number of piperidine rings is 1. The average Bonchev–Trinajstić information content (AvgIpc) is 2.61. The Bertz CT molecular complexity index is 635. The van der Waals surface area contributed by atoms with E-state index in [2.05, 4.69) is 48.1 Å². The van der Waals surface area contributed by atoms with Gasteiger partial charge in [0.15, 0.2) is 5.96 Å². The molecular weight excluding hydrogens is 340 g/mol. The van der Waals surface area contributed by atoms with Crippen LogP contribution in [0.1, 0.15) is 45.6 Å². The molecule has 0 saturated carbocycles. The third-order valence-corrected chi connectivity index (χ3v) is 4.89. The van der Waals surface area contributed by atoms with Crippen molar-refractivity contribution in [3.8, 4) is 5.75 Å². The van der Waals surface area contributed by atoms with Crippen LogP contribution in [0.2, 0.25) is 0 Å². The first kappa shape index (κ1) is 21.1. The number of ether oxygens (including phenoxy) is 1. The minimum atomic E-state index is -0.226. The number of nitrogens with one attached hydrogen (secondary N) is 1. The number of nitrogens with zero attached hydrogens (tertiary/aromatic N) is 2. The molecule has 1 aromatic rings. The van der Waals surface area contributed by atoms with Crippen LogP contribution in [0.3, 0.4) is 0 Å². The molecule has 0 aromatic heterocycles. The number of primary amides is 1. The van der Waals surface area contributed by atoms with Gasteiger partial charge in [-0.25, -0.2) is 0 Å². The maximum Gasteiger partial charge on any atom is 0.217 e. The van der Waals surface area contributed by atoms with Gasteiger partial charge >= 0.3 is 0 Å². The molecule has 1 aliphatic heterocycles. The Morgan fingerprint density at radius 1 is 1.33 bits per heavy atom. The lowest BCUT2D eigenvalue weighted by Gasteiger charge is -2.34. The Balaban J connectivity index is 1.77. The van der Waals surface area contributed by atoms with E-state index in [1.165, 1.54) is 5.56 Å². The number of rotatable bonds is 6. The summed E-state index contributed by atoms with van der Waals surface area (Å²) >= 11 is 0. The summed E-state index contributed by atoms with van der Waals surface area (Å²) in [5.41, 5.74) is 6.79. The summed E-state index contributed by atoms with van der Waals surface area (Å²) in [5, 5.41) is 3.35. The van der Waals surface area contributed by atoms with Crippen molar-refractivity contribution >= 4 is 11.9 Å². The second-order valence-corrected chi connectivity index (χ2v) is 8.22. The van der Waals surface area contributed by atoms with Crippen LogP contribution in [0.25, 0.3) is 0 Å². The summed E-state index contributed by atoms with van der Waals surface area (Å²) in [7, 11) is 1.78. The van der Waals surface area contributed by atoms with E-state index in [9.17, 15) is 4.79 Å². The number of carbonyl (C=O) groups excluding carboxylic acids is 1. The largest absolute Gasteiger partial charge is 0.492 e. The Labute approximate surface area is 163 Å². The summed E-state index contributed by atoms with van der Waals surface area (Å²) in [6, 6.07) is 8.28. The van der Waals surface area contributed by atoms with Gasteiger partial charge in [-0.3, -0.25) is 9.79 Å². The van der Waals surface area contributed by atoms with Crippen molar-refractivity contribution in [1.29, 1.82) is 0 Å². The molecule has 1 unspecified atom stereocenters. The molecule has 0 spiro atoms. The fourth-order valence-electron chi connectivity index (χ4n) is 3.42. The highest BCUT2D eigenvalue weighted by Gasteiger charge is 2.23. The Morgan fingerprint density at radius 2 is 2.04 bits per heavy atom. The quantitative estimate of drug-likeness (QED) is 0.455. The molecule has 1 atom stereocenters. The van der Waals surface area contributed by atoms with E-state index < -0.39 is 0 Å². The van der Waals surface area contributed by atoms with Crippen molar-refractivity contribution in [2.45, 2.75) is 45.4 Å². The second kappa shape index (κ2) is 9.62. The molecule has 0 aliphatic carbocycles. The van der Waals surface area contributed by atoms with E-state index in [0.29, 0.717) is 25.5 Å². The molecule has 1 amide bonds. The first-order valence-electron chi connectivity index (χ1n) is 9.77.